The molecular weight excluding hydrogens is 351 g/mol. The summed E-state index contributed by atoms with van der Waals surface area (Å²) in [7, 11) is -3.58. The molecular formula is C20H21FN2O2S. The number of H-pyrrole nitrogens is 1. The summed E-state index contributed by atoms with van der Waals surface area (Å²) in [5.74, 6) is -0.0467. The fourth-order valence-electron chi connectivity index (χ4n) is 3.77. The topological polar surface area (TPSA) is 53.2 Å². The van der Waals surface area contributed by atoms with E-state index in [1.165, 1.54) is 33.5 Å². The third-order valence-electron chi connectivity index (χ3n) is 5.28. The number of hydrogen-bond donors (Lipinski definition) is 1. The van der Waals surface area contributed by atoms with E-state index in [1.54, 1.807) is 6.92 Å². The summed E-state index contributed by atoms with van der Waals surface area (Å²) in [4.78, 5) is 3.47. The molecule has 2 heterocycles. The second-order valence-corrected chi connectivity index (χ2v) is 8.82. The second kappa shape index (κ2) is 6.52. The Kier molecular flexibility index (Phi) is 4.32. The predicted octanol–water partition coefficient (Wildman–Crippen LogP) is 4.18. The lowest BCUT2D eigenvalue weighted by Crippen LogP contribution is -2.37. The highest BCUT2D eigenvalue weighted by Crippen LogP contribution is 2.34. The number of sulfonamides is 1. The first-order chi connectivity index (χ1) is 12.5. The van der Waals surface area contributed by atoms with Crippen LogP contribution in [0.5, 0.6) is 0 Å². The Hall–Kier alpha value is -2.18. The van der Waals surface area contributed by atoms with Crippen molar-refractivity contribution in [3.8, 4) is 0 Å². The molecule has 0 aliphatic carbocycles. The minimum atomic E-state index is -3.58. The van der Waals surface area contributed by atoms with Crippen molar-refractivity contribution in [3.05, 3.63) is 65.6 Å². The third-order valence-corrected chi connectivity index (χ3v) is 7.18. The Labute approximate surface area is 152 Å². The van der Waals surface area contributed by atoms with Crippen LogP contribution >= 0.6 is 0 Å². The van der Waals surface area contributed by atoms with Crippen molar-refractivity contribution >= 4 is 20.9 Å². The number of aryl methyl sites for hydroxylation is 1. The Bertz CT molecular complexity index is 1050. The van der Waals surface area contributed by atoms with E-state index in [0.717, 1.165) is 18.4 Å². The van der Waals surface area contributed by atoms with E-state index in [4.69, 9.17) is 0 Å². The van der Waals surface area contributed by atoms with Gasteiger partial charge in [-0.15, -0.1) is 0 Å². The van der Waals surface area contributed by atoms with Gasteiger partial charge in [0.2, 0.25) is 10.0 Å². The van der Waals surface area contributed by atoms with Crippen LogP contribution in [-0.4, -0.2) is 30.8 Å². The van der Waals surface area contributed by atoms with Gasteiger partial charge in [-0.3, -0.25) is 0 Å². The highest BCUT2D eigenvalue weighted by atomic mass is 32.2. The highest BCUT2D eigenvalue weighted by molar-refractivity contribution is 7.89. The van der Waals surface area contributed by atoms with E-state index in [0.29, 0.717) is 24.6 Å². The van der Waals surface area contributed by atoms with E-state index in [2.05, 4.69) is 17.1 Å². The van der Waals surface area contributed by atoms with Gasteiger partial charge in [-0.25, -0.2) is 12.8 Å². The average molecular weight is 372 g/mol. The fourth-order valence-corrected chi connectivity index (χ4v) is 5.32. The molecule has 0 amide bonds. The Balaban J connectivity index is 1.53. The van der Waals surface area contributed by atoms with Crippen LogP contribution in [0.25, 0.3) is 10.9 Å². The maximum Gasteiger partial charge on any atom is 0.243 e. The minimum Gasteiger partial charge on any atom is -0.361 e. The van der Waals surface area contributed by atoms with E-state index < -0.39 is 10.0 Å². The Morgan fingerprint density at radius 1 is 1.12 bits per heavy atom. The average Bonchev–Trinajstić information content (AvgIpc) is 3.08. The zero-order chi connectivity index (χ0) is 18.3. The molecule has 0 spiro atoms. The molecule has 136 valence electrons. The quantitative estimate of drug-likeness (QED) is 0.750. The van der Waals surface area contributed by atoms with Crippen molar-refractivity contribution in [2.45, 2.75) is 30.6 Å². The van der Waals surface area contributed by atoms with E-state index >= 15 is 0 Å². The lowest BCUT2D eigenvalue weighted by atomic mass is 9.90. The number of aromatic nitrogens is 1. The molecule has 1 N–H and O–H groups in total. The summed E-state index contributed by atoms with van der Waals surface area (Å²) in [5.41, 5.74) is 2.72. The number of piperidine rings is 1. The SMILES string of the molecule is Cc1cc(S(=O)(=O)N2CCC(c3c[nH]c4ccccc34)CC2)ccc1F. The molecule has 4 nitrogen and oxygen atoms in total. The minimum absolute atomic E-state index is 0.168. The van der Waals surface area contributed by atoms with Crippen LogP contribution in [0.3, 0.4) is 0 Å². The predicted molar refractivity (Wildman–Crippen MR) is 100 cm³/mol. The molecule has 2 aromatic carbocycles. The summed E-state index contributed by atoms with van der Waals surface area (Å²) in [6.07, 6.45) is 3.60. The molecule has 0 radical (unpaired) electrons. The van der Waals surface area contributed by atoms with Crippen molar-refractivity contribution in [1.29, 1.82) is 0 Å². The molecule has 4 rings (SSSR count). The summed E-state index contributed by atoms with van der Waals surface area (Å²) < 4.78 is 40.7. The molecule has 0 atom stereocenters. The lowest BCUT2D eigenvalue weighted by molar-refractivity contribution is 0.320. The van der Waals surface area contributed by atoms with Crippen LogP contribution < -0.4 is 0 Å². The van der Waals surface area contributed by atoms with Crippen molar-refractivity contribution in [2.75, 3.05) is 13.1 Å². The Morgan fingerprint density at radius 3 is 2.58 bits per heavy atom. The first-order valence-corrected chi connectivity index (χ1v) is 10.2. The molecule has 0 bridgehead atoms. The van der Waals surface area contributed by atoms with Crippen molar-refractivity contribution in [2.24, 2.45) is 0 Å². The van der Waals surface area contributed by atoms with Crippen LogP contribution in [0.2, 0.25) is 0 Å². The monoisotopic (exact) mass is 372 g/mol. The number of benzene rings is 2. The van der Waals surface area contributed by atoms with Crippen LogP contribution in [0.4, 0.5) is 4.39 Å². The first-order valence-electron chi connectivity index (χ1n) is 8.79. The number of nitrogens with zero attached hydrogens (tertiary/aromatic N) is 1. The van der Waals surface area contributed by atoms with Gasteiger partial charge in [-0.1, -0.05) is 18.2 Å². The summed E-state index contributed by atoms with van der Waals surface area (Å²) >= 11 is 0. The standard InChI is InChI=1S/C20H21FN2O2S/c1-14-12-16(6-7-19(14)21)26(24,25)23-10-8-15(9-11-23)18-13-22-20-5-3-2-4-17(18)20/h2-7,12-13,15,22H,8-11H2,1H3. The molecule has 0 saturated carbocycles. The smallest absolute Gasteiger partial charge is 0.243 e. The molecule has 1 saturated heterocycles. The lowest BCUT2D eigenvalue weighted by Gasteiger charge is -2.31. The van der Waals surface area contributed by atoms with Gasteiger partial charge >= 0.3 is 0 Å². The fraction of sp³-hybridized carbons (Fsp3) is 0.300. The summed E-state index contributed by atoms with van der Waals surface area (Å²) in [5, 5.41) is 1.21. The van der Waals surface area contributed by atoms with E-state index in [9.17, 15) is 12.8 Å². The van der Waals surface area contributed by atoms with Crippen LogP contribution in [-0.2, 0) is 10.0 Å². The zero-order valence-electron chi connectivity index (χ0n) is 14.6. The molecule has 1 aliphatic heterocycles. The van der Waals surface area contributed by atoms with Crippen molar-refractivity contribution in [3.63, 3.8) is 0 Å². The summed E-state index contributed by atoms with van der Waals surface area (Å²) in [6.45, 7) is 2.53. The molecule has 3 aromatic rings. The largest absolute Gasteiger partial charge is 0.361 e. The second-order valence-electron chi connectivity index (χ2n) is 6.88. The highest BCUT2D eigenvalue weighted by Gasteiger charge is 2.31. The van der Waals surface area contributed by atoms with Gasteiger partial charge in [0.1, 0.15) is 5.82 Å². The van der Waals surface area contributed by atoms with E-state index in [-0.39, 0.29) is 10.7 Å². The summed E-state index contributed by atoms with van der Waals surface area (Å²) in [6, 6.07) is 12.2. The molecule has 0 unspecified atom stereocenters. The van der Waals surface area contributed by atoms with Gasteiger partial charge in [-0.05, 0) is 61.1 Å². The number of para-hydroxylation sites is 1. The van der Waals surface area contributed by atoms with Crippen molar-refractivity contribution in [1.82, 2.24) is 9.29 Å². The molecule has 1 fully saturated rings. The maximum absolute atomic E-state index is 13.5. The van der Waals surface area contributed by atoms with Crippen LogP contribution in [0, 0.1) is 12.7 Å². The van der Waals surface area contributed by atoms with Crippen LogP contribution in [0.15, 0.2) is 53.6 Å². The number of rotatable bonds is 3. The maximum atomic E-state index is 13.5. The number of fused-ring (bicyclic) bond motifs is 1. The molecule has 1 aromatic heterocycles. The number of halogens is 1. The van der Waals surface area contributed by atoms with Gasteiger partial charge in [0.15, 0.2) is 0 Å². The van der Waals surface area contributed by atoms with Gasteiger partial charge in [-0.2, -0.15) is 4.31 Å². The Morgan fingerprint density at radius 2 is 1.85 bits per heavy atom. The molecule has 26 heavy (non-hydrogen) atoms. The van der Waals surface area contributed by atoms with E-state index in [1.807, 2.05) is 18.3 Å². The third kappa shape index (κ3) is 2.93. The molecule has 6 heteroatoms. The normalized spacial score (nSPS) is 17.0. The van der Waals surface area contributed by atoms with Gasteiger partial charge in [0.25, 0.3) is 0 Å². The molecule has 1 aliphatic rings. The van der Waals surface area contributed by atoms with Gasteiger partial charge < -0.3 is 4.98 Å². The van der Waals surface area contributed by atoms with Crippen LogP contribution in [0.1, 0.15) is 29.9 Å². The zero-order valence-corrected chi connectivity index (χ0v) is 15.4. The van der Waals surface area contributed by atoms with Crippen molar-refractivity contribution < 1.29 is 12.8 Å². The number of nitrogens with one attached hydrogen (secondary N) is 1. The van der Waals surface area contributed by atoms with Gasteiger partial charge in [0.05, 0.1) is 4.90 Å². The number of hydrogen-bond acceptors (Lipinski definition) is 2. The van der Waals surface area contributed by atoms with Gasteiger partial charge in [0, 0.05) is 30.2 Å². The first kappa shape index (κ1) is 17.2. The number of aromatic amines is 1.